The third kappa shape index (κ3) is 5.88. The minimum atomic E-state index is -1.06. The molecule has 0 radical (unpaired) electrons. The Morgan fingerprint density at radius 1 is 0.816 bits per heavy atom. The van der Waals surface area contributed by atoms with E-state index in [1.807, 2.05) is 91.0 Å². The van der Waals surface area contributed by atoms with E-state index in [1.165, 1.54) is 5.56 Å². The van der Waals surface area contributed by atoms with Gasteiger partial charge < -0.3 is 9.52 Å². The lowest BCUT2D eigenvalue weighted by Crippen LogP contribution is -2.18. The lowest BCUT2D eigenvalue weighted by Gasteiger charge is -2.21. The van der Waals surface area contributed by atoms with E-state index in [0.29, 0.717) is 28.8 Å². The number of aryl methyl sites for hydroxylation is 1. The quantitative estimate of drug-likeness (QED) is 0.152. The molecule has 0 aliphatic rings. The van der Waals surface area contributed by atoms with Gasteiger partial charge in [-0.3, -0.25) is 4.79 Å². The zero-order valence-electron chi connectivity index (χ0n) is 21.0. The van der Waals surface area contributed by atoms with E-state index in [2.05, 4.69) is 16.4 Å². The summed E-state index contributed by atoms with van der Waals surface area (Å²) in [7, 11) is 0. The first-order valence-electron chi connectivity index (χ1n) is 12.4. The summed E-state index contributed by atoms with van der Waals surface area (Å²) in [6.45, 7) is 3.26. The first kappa shape index (κ1) is 25.5. The van der Waals surface area contributed by atoms with Crippen LogP contribution < -0.4 is 0 Å². The second kappa shape index (κ2) is 11.5. The minimum absolute atomic E-state index is 0.0111. The third-order valence-electron chi connectivity index (χ3n) is 6.44. The lowest BCUT2D eigenvalue weighted by molar-refractivity contribution is 0.0663. The number of carboxylic acid groups (broad SMARTS) is 1. The molecule has 0 saturated carbocycles. The van der Waals surface area contributed by atoms with Crippen LogP contribution in [0.5, 0.6) is 0 Å². The highest BCUT2D eigenvalue weighted by Crippen LogP contribution is 2.32. The highest BCUT2D eigenvalue weighted by atomic mass is 32.2. The maximum atomic E-state index is 12.8. The average molecular weight is 522 g/mol. The van der Waals surface area contributed by atoms with Crippen LogP contribution in [-0.2, 0) is 13.0 Å². The molecule has 190 valence electrons. The van der Waals surface area contributed by atoms with Crippen LogP contribution in [0.15, 0.2) is 112 Å². The number of rotatable bonds is 10. The van der Waals surface area contributed by atoms with E-state index in [0.717, 1.165) is 28.8 Å². The molecule has 38 heavy (non-hydrogen) atoms. The van der Waals surface area contributed by atoms with Crippen molar-refractivity contribution in [2.75, 3.05) is 6.54 Å². The summed E-state index contributed by atoms with van der Waals surface area (Å²) in [4.78, 5) is 25.3. The molecule has 0 spiro atoms. The first-order valence-corrected chi connectivity index (χ1v) is 13.2. The molecule has 5 rings (SSSR count). The molecule has 6 heteroatoms. The van der Waals surface area contributed by atoms with Gasteiger partial charge in [-0.15, -0.1) is 0 Å². The van der Waals surface area contributed by atoms with Gasteiger partial charge in [-0.1, -0.05) is 84.9 Å². The fraction of sp³-hybridized carbons (Fsp3) is 0.125. The largest absolute Gasteiger partial charge is 0.475 e. The zero-order chi connectivity index (χ0) is 26.5. The van der Waals surface area contributed by atoms with Crippen molar-refractivity contribution in [1.82, 2.24) is 4.31 Å². The Morgan fingerprint density at radius 2 is 1.47 bits per heavy atom. The monoisotopic (exact) mass is 521 g/mol. The number of carbonyl (C=O) groups is 2. The molecule has 0 amide bonds. The molecule has 1 heterocycles. The maximum Gasteiger partial charge on any atom is 0.372 e. The highest BCUT2D eigenvalue weighted by molar-refractivity contribution is 7.97. The Morgan fingerprint density at radius 3 is 2.16 bits per heavy atom. The smallest absolute Gasteiger partial charge is 0.372 e. The van der Waals surface area contributed by atoms with Crippen molar-refractivity contribution in [1.29, 1.82) is 0 Å². The Kier molecular flexibility index (Phi) is 7.73. The lowest BCUT2D eigenvalue weighted by atomic mass is 10.0. The molecule has 5 aromatic rings. The summed E-state index contributed by atoms with van der Waals surface area (Å²) >= 11 is 1.63. The summed E-state index contributed by atoms with van der Waals surface area (Å²) < 4.78 is 7.82. The molecule has 1 aromatic heterocycles. The van der Waals surface area contributed by atoms with Gasteiger partial charge >= 0.3 is 5.97 Å². The van der Waals surface area contributed by atoms with Gasteiger partial charge in [0.2, 0.25) is 5.76 Å². The van der Waals surface area contributed by atoms with Gasteiger partial charge in [-0.2, -0.15) is 0 Å². The number of carbonyl (C=O) groups excluding carboxylic acids is 1. The van der Waals surface area contributed by atoms with Crippen LogP contribution >= 0.6 is 11.9 Å². The van der Waals surface area contributed by atoms with Crippen molar-refractivity contribution < 1.29 is 19.1 Å². The van der Waals surface area contributed by atoms with Gasteiger partial charge in [0.05, 0.1) is 0 Å². The first-order chi connectivity index (χ1) is 18.5. The predicted octanol–water partition coefficient (Wildman–Crippen LogP) is 7.42. The van der Waals surface area contributed by atoms with Crippen molar-refractivity contribution >= 4 is 34.7 Å². The van der Waals surface area contributed by atoms with Crippen molar-refractivity contribution in [2.24, 2.45) is 0 Å². The number of ketones is 1. The van der Waals surface area contributed by atoms with Gasteiger partial charge in [0.1, 0.15) is 5.58 Å². The van der Waals surface area contributed by atoms with Crippen molar-refractivity contribution in [3.05, 3.63) is 137 Å². The van der Waals surface area contributed by atoms with Gasteiger partial charge in [0.25, 0.3) is 0 Å². The van der Waals surface area contributed by atoms with Gasteiger partial charge in [0, 0.05) is 40.1 Å². The number of hydrogen-bond acceptors (Lipinski definition) is 5. The normalized spacial score (nSPS) is 11.2. The number of nitrogens with zero attached hydrogens (tertiary/aromatic N) is 1. The van der Waals surface area contributed by atoms with Crippen LogP contribution in [0.1, 0.15) is 43.2 Å². The van der Waals surface area contributed by atoms with Crippen LogP contribution in [0.25, 0.3) is 11.0 Å². The van der Waals surface area contributed by atoms with E-state index >= 15 is 0 Å². The number of furan rings is 1. The summed E-state index contributed by atoms with van der Waals surface area (Å²) in [5.41, 5.74) is 4.90. The SMILES string of the molecule is Cc1c(C(=O)O)oc2ccc(SN(CCc3ccccc3)Cc3ccc(C(=O)c4ccccc4)cc3)cc12. The Balaban J connectivity index is 1.36. The topological polar surface area (TPSA) is 70.8 Å². The van der Waals surface area contributed by atoms with E-state index < -0.39 is 5.97 Å². The van der Waals surface area contributed by atoms with Gasteiger partial charge in [-0.05, 0) is 54.6 Å². The van der Waals surface area contributed by atoms with Crippen LogP contribution in [0.2, 0.25) is 0 Å². The highest BCUT2D eigenvalue weighted by Gasteiger charge is 2.18. The molecule has 0 fully saturated rings. The molecular weight excluding hydrogens is 494 g/mol. The van der Waals surface area contributed by atoms with Crippen LogP contribution in [0.4, 0.5) is 0 Å². The molecule has 0 bridgehead atoms. The number of aromatic carboxylic acids is 1. The summed E-state index contributed by atoms with van der Waals surface area (Å²) in [6, 6.07) is 33.2. The molecule has 4 aromatic carbocycles. The standard InChI is InChI=1S/C32H27NO4S/c1-22-28-20-27(16-17-29(28)37-31(22)32(35)36)38-33(19-18-23-8-4-2-5-9-23)21-24-12-14-26(15-13-24)30(34)25-10-6-3-7-11-25/h2-17,20H,18-19,21H2,1H3,(H,35,36). The number of fused-ring (bicyclic) bond motifs is 1. The number of hydrogen-bond donors (Lipinski definition) is 1. The van der Waals surface area contributed by atoms with Crippen LogP contribution in [0, 0.1) is 6.92 Å². The van der Waals surface area contributed by atoms with Gasteiger partial charge in [0.15, 0.2) is 5.78 Å². The fourth-order valence-corrected chi connectivity index (χ4v) is 5.38. The van der Waals surface area contributed by atoms with E-state index in [4.69, 9.17) is 4.42 Å². The molecule has 0 unspecified atom stereocenters. The average Bonchev–Trinajstić information content (AvgIpc) is 3.29. The van der Waals surface area contributed by atoms with Crippen LogP contribution in [-0.4, -0.2) is 27.7 Å². The molecule has 0 aliphatic heterocycles. The Labute approximate surface area is 225 Å². The van der Waals surface area contributed by atoms with Crippen LogP contribution in [0.3, 0.4) is 0 Å². The zero-order valence-corrected chi connectivity index (χ0v) is 21.8. The van der Waals surface area contributed by atoms with E-state index in [1.54, 1.807) is 18.9 Å². The Bertz CT molecular complexity index is 1560. The fourth-order valence-electron chi connectivity index (χ4n) is 4.39. The molecule has 0 atom stereocenters. The maximum absolute atomic E-state index is 12.8. The van der Waals surface area contributed by atoms with Gasteiger partial charge in [-0.25, -0.2) is 9.10 Å². The summed E-state index contributed by atoms with van der Waals surface area (Å²) in [5, 5.41) is 10.2. The minimum Gasteiger partial charge on any atom is -0.475 e. The number of benzene rings is 4. The Hall–Kier alpha value is -4.13. The van der Waals surface area contributed by atoms with E-state index in [9.17, 15) is 14.7 Å². The van der Waals surface area contributed by atoms with E-state index in [-0.39, 0.29) is 11.5 Å². The van der Waals surface area contributed by atoms with Crippen molar-refractivity contribution in [3.8, 4) is 0 Å². The molecule has 0 saturated heterocycles. The molecule has 5 nitrogen and oxygen atoms in total. The molecule has 1 N–H and O–H groups in total. The number of carboxylic acids is 1. The summed E-state index contributed by atoms with van der Waals surface area (Å²) in [5.74, 6) is -1.07. The molecular formula is C32H27NO4S. The second-order valence-corrected chi connectivity index (χ2v) is 10.3. The van der Waals surface area contributed by atoms with Crippen molar-refractivity contribution in [3.63, 3.8) is 0 Å². The van der Waals surface area contributed by atoms with Crippen molar-refractivity contribution in [2.45, 2.75) is 24.8 Å². The third-order valence-corrected chi connectivity index (χ3v) is 7.47. The second-order valence-electron chi connectivity index (χ2n) is 9.10. The predicted molar refractivity (Wildman–Crippen MR) is 151 cm³/mol. The molecule has 0 aliphatic carbocycles. The summed E-state index contributed by atoms with van der Waals surface area (Å²) in [6.07, 6.45) is 0.883.